The quantitative estimate of drug-likeness (QED) is 0.479. The number of fused-ring (bicyclic) bond motifs is 1. The number of nitrogens with zero attached hydrogens (tertiary/aromatic N) is 5. The van der Waals surface area contributed by atoms with Gasteiger partial charge in [0.05, 0.1) is 24.4 Å². The Morgan fingerprint density at radius 3 is 2.93 bits per heavy atom. The van der Waals surface area contributed by atoms with Crippen molar-refractivity contribution in [1.82, 2.24) is 29.8 Å². The van der Waals surface area contributed by atoms with E-state index >= 15 is 0 Å². The number of amides is 1. The highest BCUT2D eigenvalue weighted by Crippen LogP contribution is 2.27. The van der Waals surface area contributed by atoms with E-state index < -0.39 is 0 Å². The monoisotopic (exact) mass is 406 g/mol. The number of aromatic nitrogens is 5. The molecule has 0 bridgehead atoms. The van der Waals surface area contributed by atoms with E-state index in [4.69, 9.17) is 9.26 Å². The molecule has 1 atom stereocenters. The van der Waals surface area contributed by atoms with Crippen molar-refractivity contribution in [2.24, 2.45) is 0 Å². The molecular weight excluding hydrogens is 384 g/mol. The largest absolute Gasteiger partial charge is 0.496 e. The Hall–Kier alpha value is -3.75. The fourth-order valence-electron chi connectivity index (χ4n) is 3.18. The van der Waals surface area contributed by atoms with Crippen molar-refractivity contribution in [3.8, 4) is 17.1 Å². The van der Waals surface area contributed by atoms with E-state index in [1.165, 1.54) is 0 Å². The number of aryl methyl sites for hydroxylation is 1. The minimum Gasteiger partial charge on any atom is -0.496 e. The minimum absolute atomic E-state index is 0.107. The number of nitrogens with one attached hydrogen (secondary N) is 1. The number of ether oxygens (including phenoxy) is 1. The number of rotatable bonds is 8. The smallest absolute Gasteiger partial charge is 0.233 e. The summed E-state index contributed by atoms with van der Waals surface area (Å²) in [4.78, 5) is 25.6. The molecule has 3 heterocycles. The summed E-state index contributed by atoms with van der Waals surface area (Å²) < 4.78 is 12.5. The van der Waals surface area contributed by atoms with E-state index in [9.17, 15) is 4.79 Å². The molecule has 3 aromatic heterocycles. The van der Waals surface area contributed by atoms with Crippen LogP contribution in [0, 0.1) is 0 Å². The number of imidazole rings is 1. The summed E-state index contributed by atoms with van der Waals surface area (Å²) in [6.45, 7) is 2.00. The molecule has 9 nitrogen and oxygen atoms in total. The van der Waals surface area contributed by atoms with Gasteiger partial charge in [0.15, 0.2) is 0 Å². The Labute approximate surface area is 173 Å². The number of hydrogen-bond donors (Lipinski definition) is 1. The molecule has 1 N–H and O–H groups in total. The maximum atomic E-state index is 12.5. The average Bonchev–Trinajstić information content (AvgIpc) is 3.43. The van der Waals surface area contributed by atoms with E-state index in [1.54, 1.807) is 13.3 Å². The van der Waals surface area contributed by atoms with Gasteiger partial charge < -0.3 is 14.6 Å². The summed E-state index contributed by atoms with van der Waals surface area (Å²) >= 11 is 0. The minimum atomic E-state index is -0.189. The zero-order chi connectivity index (χ0) is 20.9. The molecule has 0 spiro atoms. The van der Waals surface area contributed by atoms with Gasteiger partial charge in [0.25, 0.3) is 0 Å². The predicted molar refractivity (Wildman–Crippen MR) is 109 cm³/mol. The van der Waals surface area contributed by atoms with Gasteiger partial charge in [-0.2, -0.15) is 4.98 Å². The number of carbonyl (C=O) groups is 1. The molecule has 0 saturated carbocycles. The Balaban J connectivity index is 1.38. The lowest BCUT2D eigenvalue weighted by Gasteiger charge is -2.14. The number of hydrogen-bond acceptors (Lipinski definition) is 7. The van der Waals surface area contributed by atoms with Gasteiger partial charge >= 0.3 is 0 Å². The third kappa shape index (κ3) is 4.14. The van der Waals surface area contributed by atoms with Gasteiger partial charge in [0.2, 0.25) is 23.4 Å². The number of benzene rings is 1. The fourth-order valence-corrected chi connectivity index (χ4v) is 3.18. The van der Waals surface area contributed by atoms with Crippen molar-refractivity contribution in [2.45, 2.75) is 32.2 Å². The maximum absolute atomic E-state index is 12.5. The van der Waals surface area contributed by atoms with E-state index in [0.717, 1.165) is 11.3 Å². The number of carbonyl (C=O) groups excluding carboxylic acids is 1. The van der Waals surface area contributed by atoms with E-state index in [0.29, 0.717) is 36.1 Å². The molecule has 154 valence electrons. The van der Waals surface area contributed by atoms with Crippen LogP contribution in [0.4, 0.5) is 0 Å². The van der Waals surface area contributed by atoms with Gasteiger partial charge in [0.1, 0.15) is 5.75 Å². The first-order valence-corrected chi connectivity index (χ1v) is 9.73. The summed E-state index contributed by atoms with van der Waals surface area (Å²) in [5.41, 5.74) is 1.52. The molecule has 0 aliphatic heterocycles. The molecule has 30 heavy (non-hydrogen) atoms. The number of para-hydroxylation sites is 1. The third-order valence-corrected chi connectivity index (χ3v) is 4.74. The SMILES string of the molecule is CC[C@H](NC(=O)CCc1nc(-c2ccccc2OC)no1)c1cn2cccnc2n1. The highest BCUT2D eigenvalue weighted by Gasteiger charge is 2.18. The highest BCUT2D eigenvalue weighted by atomic mass is 16.5. The van der Waals surface area contributed by atoms with Crippen molar-refractivity contribution in [1.29, 1.82) is 0 Å². The van der Waals surface area contributed by atoms with Crippen LogP contribution in [0.15, 0.2) is 53.4 Å². The van der Waals surface area contributed by atoms with Crippen molar-refractivity contribution < 1.29 is 14.1 Å². The van der Waals surface area contributed by atoms with Crippen LogP contribution >= 0.6 is 0 Å². The molecule has 1 aromatic carbocycles. The van der Waals surface area contributed by atoms with E-state index in [2.05, 4.69) is 25.4 Å². The fraction of sp³-hybridized carbons (Fsp3) is 0.286. The van der Waals surface area contributed by atoms with Crippen molar-refractivity contribution >= 4 is 11.7 Å². The van der Waals surface area contributed by atoms with Crippen LogP contribution in [0.3, 0.4) is 0 Å². The lowest BCUT2D eigenvalue weighted by molar-refractivity contribution is -0.122. The van der Waals surface area contributed by atoms with Crippen LogP contribution in [0.25, 0.3) is 17.2 Å². The third-order valence-electron chi connectivity index (χ3n) is 4.74. The molecule has 0 radical (unpaired) electrons. The van der Waals surface area contributed by atoms with E-state index in [-0.39, 0.29) is 18.4 Å². The summed E-state index contributed by atoms with van der Waals surface area (Å²) in [6.07, 6.45) is 6.74. The van der Waals surface area contributed by atoms with Crippen LogP contribution in [0.5, 0.6) is 5.75 Å². The summed E-state index contributed by atoms with van der Waals surface area (Å²) in [5.74, 6) is 2.00. The highest BCUT2D eigenvalue weighted by molar-refractivity contribution is 5.76. The second-order valence-electron chi connectivity index (χ2n) is 6.73. The number of methoxy groups -OCH3 is 1. The Bertz CT molecular complexity index is 1120. The van der Waals surface area contributed by atoms with Crippen LogP contribution in [0.1, 0.15) is 37.4 Å². The average molecular weight is 406 g/mol. The van der Waals surface area contributed by atoms with E-state index in [1.807, 2.05) is 54.0 Å². The molecule has 0 aliphatic rings. The molecule has 0 saturated heterocycles. The Morgan fingerprint density at radius 1 is 1.27 bits per heavy atom. The first-order chi connectivity index (χ1) is 14.7. The van der Waals surface area contributed by atoms with Gasteiger partial charge in [-0.3, -0.25) is 9.20 Å². The molecule has 0 fully saturated rings. The van der Waals surface area contributed by atoms with Crippen LogP contribution in [-0.2, 0) is 11.2 Å². The summed E-state index contributed by atoms with van der Waals surface area (Å²) in [7, 11) is 1.59. The van der Waals surface area contributed by atoms with Gasteiger partial charge in [0, 0.05) is 31.4 Å². The Kier molecular flexibility index (Phi) is 5.69. The predicted octanol–water partition coefficient (Wildman–Crippen LogP) is 2.99. The molecule has 4 rings (SSSR count). The molecule has 0 aliphatic carbocycles. The maximum Gasteiger partial charge on any atom is 0.233 e. The summed E-state index contributed by atoms with van der Waals surface area (Å²) in [5, 5.41) is 7.02. The standard InChI is InChI=1S/C21H22N6O3/c1-3-15(16-13-27-12-6-11-22-21(27)24-16)23-18(28)9-10-19-25-20(26-30-19)14-7-4-5-8-17(14)29-2/h4-8,11-13,15H,3,9-10H2,1-2H3,(H,23,28)/t15-/m0/s1. The van der Waals surface area contributed by atoms with Gasteiger partial charge in [-0.05, 0) is 24.6 Å². The van der Waals surface area contributed by atoms with Gasteiger partial charge in [-0.15, -0.1) is 0 Å². The lowest BCUT2D eigenvalue weighted by Crippen LogP contribution is -2.28. The van der Waals surface area contributed by atoms with Crippen molar-refractivity contribution in [3.63, 3.8) is 0 Å². The first-order valence-electron chi connectivity index (χ1n) is 9.73. The van der Waals surface area contributed by atoms with Gasteiger partial charge in [-0.1, -0.05) is 24.2 Å². The topological polar surface area (TPSA) is 107 Å². The lowest BCUT2D eigenvalue weighted by atomic mass is 10.1. The molecule has 1 amide bonds. The first kappa shape index (κ1) is 19.6. The van der Waals surface area contributed by atoms with Crippen LogP contribution in [-0.4, -0.2) is 37.5 Å². The zero-order valence-corrected chi connectivity index (χ0v) is 16.8. The van der Waals surface area contributed by atoms with Crippen LogP contribution in [0.2, 0.25) is 0 Å². The molecule has 4 aromatic rings. The molecule has 9 heteroatoms. The van der Waals surface area contributed by atoms with Crippen LogP contribution < -0.4 is 10.1 Å². The van der Waals surface area contributed by atoms with Crippen molar-refractivity contribution in [3.05, 3.63) is 60.5 Å². The van der Waals surface area contributed by atoms with Gasteiger partial charge in [-0.25, -0.2) is 9.97 Å². The molecular formula is C21H22N6O3. The second-order valence-corrected chi connectivity index (χ2v) is 6.73. The second kappa shape index (κ2) is 8.73. The van der Waals surface area contributed by atoms with Crippen molar-refractivity contribution in [2.75, 3.05) is 7.11 Å². The molecule has 0 unspecified atom stereocenters. The summed E-state index contributed by atoms with van der Waals surface area (Å²) in [6, 6.07) is 9.08. The Morgan fingerprint density at radius 2 is 2.13 bits per heavy atom. The zero-order valence-electron chi connectivity index (χ0n) is 16.8. The normalized spacial score (nSPS) is 12.1.